The van der Waals surface area contributed by atoms with Crippen molar-refractivity contribution in [1.82, 2.24) is 15.9 Å². The van der Waals surface area contributed by atoms with Crippen molar-refractivity contribution in [3.8, 4) is 0 Å². The molecule has 0 aliphatic carbocycles. The van der Waals surface area contributed by atoms with Gasteiger partial charge in [-0.3, -0.25) is 30.0 Å². The van der Waals surface area contributed by atoms with Crippen molar-refractivity contribution in [3.05, 3.63) is 0 Å². The second-order valence-electron chi connectivity index (χ2n) is 2.30. The van der Waals surface area contributed by atoms with Crippen molar-refractivity contribution < 1.29 is 19.2 Å². The van der Waals surface area contributed by atoms with Crippen LogP contribution < -0.4 is 16.7 Å². The number of nitrogens with two attached hydrogens (primary N) is 1. The second kappa shape index (κ2) is 4.92. The summed E-state index contributed by atoms with van der Waals surface area (Å²) in [4.78, 5) is 43.1. The summed E-state index contributed by atoms with van der Waals surface area (Å²) in [5.74, 6) is 0.764. The van der Waals surface area contributed by atoms with Crippen LogP contribution in [0.2, 0.25) is 0 Å². The van der Waals surface area contributed by atoms with Gasteiger partial charge >= 0.3 is 11.8 Å². The lowest BCUT2D eigenvalue weighted by atomic mass is 10.5. The standard InChI is InChI=1S/C6H10N4O4/c1-3(11)9-10(4(2)12)6(14)5(13)8-7/h7H2,1-2H3,(H,8,13)(H,9,11). The van der Waals surface area contributed by atoms with Crippen LogP contribution in [0.3, 0.4) is 0 Å². The zero-order valence-corrected chi connectivity index (χ0v) is 7.66. The number of imide groups is 1. The predicted molar refractivity (Wildman–Crippen MR) is 43.7 cm³/mol. The van der Waals surface area contributed by atoms with E-state index in [0.717, 1.165) is 13.8 Å². The topological polar surface area (TPSA) is 122 Å². The monoisotopic (exact) mass is 202 g/mol. The molecule has 0 aromatic heterocycles. The summed E-state index contributed by atoms with van der Waals surface area (Å²) >= 11 is 0. The second-order valence-corrected chi connectivity index (χ2v) is 2.30. The number of hydrogen-bond acceptors (Lipinski definition) is 5. The van der Waals surface area contributed by atoms with Crippen LogP contribution in [-0.2, 0) is 19.2 Å². The molecule has 0 aliphatic heterocycles. The lowest BCUT2D eigenvalue weighted by Gasteiger charge is -2.17. The van der Waals surface area contributed by atoms with Crippen LogP contribution in [0.25, 0.3) is 0 Å². The molecule has 78 valence electrons. The van der Waals surface area contributed by atoms with E-state index in [0.29, 0.717) is 0 Å². The van der Waals surface area contributed by atoms with Crippen molar-refractivity contribution in [2.75, 3.05) is 0 Å². The lowest BCUT2D eigenvalue weighted by Crippen LogP contribution is -2.54. The fourth-order valence-electron chi connectivity index (χ4n) is 0.593. The first kappa shape index (κ1) is 12.0. The highest BCUT2D eigenvalue weighted by Gasteiger charge is 2.25. The molecule has 0 aliphatic rings. The maximum absolute atomic E-state index is 11.0. The van der Waals surface area contributed by atoms with Crippen molar-refractivity contribution in [2.45, 2.75) is 13.8 Å². The van der Waals surface area contributed by atoms with E-state index < -0.39 is 23.6 Å². The Morgan fingerprint density at radius 2 is 1.64 bits per heavy atom. The Bertz CT molecular complexity index is 288. The summed E-state index contributed by atoms with van der Waals surface area (Å²) in [6.45, 7) is 2.10. The lowest BCUT2D eigenvalue weighted by molar-refractivity contribution is -0.157. The minimum Gasteiger partial charge on any atom is -0.286 e. The maximum Gasteiger partial charge on any atom is 0.338 e. The average Bonchev–Trinajstić information content (AvgIpc) is 2.11. The first-order valence-corrected chi connectivity index (χ1v) is 3.53. The van der Waals surface area contributed by atoms with E-state index in [1.54, 1.807) is 0 Å². The largest absolute Gasteiger partial charge is 0.338 e. The summed E-state index contributed by atoms with van der Waals surface area (Å²) in [6.07, 6.45) is 0. The molecule has 0 spiro atoms. The summed E-state index contributed by atoms with van der Waals surface area (Å²) in [5, 5.41) is 0.268. The zero-order chi connectivity index (χ0) is 11.3. The fraction of sp³-hybridized carbons (Fsp3) is 0.333. The maximum atomic E-state index is 11.0. The normalized spacial score (nSPS) is 8.79. The van der Waals surface area contributed by atoms with Crippen LogP contribution in [0.4, 0.5) is 0 Å². The van der Waals surface area contributed by atoms with Gasteiger partial charge in [0.05, 0.1) is 0 Å². The highest BCUT2D eigenvalue weighted by Crippen LogP contribution is 1.86. The van der Waals surface area contributed by atoms with E-state index in [4.69, 9.17) is 0 Å². The van der Waals surface area contributed by atoms with Gasteiger partial charge in [-0.05, 0) is 0 Å². The van der Waals surface area contributed by atoms with Gasteiger partial charge in [-0.1, -0.05) is 0 Å². The van der Waals surface area contributed by atoms with E-state index >= 15 is 0 Å². The van der Waals surface area contributed by atoms with Crippen molar-refractivity contribution in [2.24, 2.45) is 5.84 Å². The molecule has 0 saturated carbocycles. The van der Waals surface area contributed by atoms with Gasteiger partial charge in [-0.25, -0.2) is 5.84 Å². The Hall–Kier alpha value is -1.96. The molecule has 8 heteroatoms. The van der Waals surface area contributed by atoms with E-state index in [-0.39, 0.29) is 5.01 Å². The van der Waals surface area contributed by atoms with Gasteiger partial charge in [0.2, 0.25) is 11.8 Å². The van der Waals surface area contributed by atoms with Gasteiger partial charge < -0.3 is 0 Å². The third-order valence-electron chi connectivity index (χ3n) is 1.11. The predicted octanol–water partition coefficient (Wildman–Crippen LogP) is -2.60. The van der Waals surface area contributed by atoms with Crippen molar-refractivity contribution >= 4 is 23.6 Å². The van der Waals surface area contributed by atoms with Crippen LogP contribution in [0, 0.1) is 0 Å². The Kier molecular flexibility index (Phi) is 4.23. The molecule has 0 fully saturated rings. The third-order valence-corrected chi connectivity index (χ3v) is 1.11. The summed E-state index contributed by atoms with van der Waals surface area (Å²) in [5.41, 5.74) is 3.41. The number of hydrazine groups is 2. The first-order valence-electron chi connectivity index (χ1n) is 3.53. The van der Waals surface area contributed by atoms with E-state index in [9.17, 15) is 19.2 Å². The Morgan fingerprint density at radius 3 is 1.93 bits per heavy atom. The van der Waals surface area contributed by atoms with Crippen molar-refractivity contribution in [3.63, 3.8) is 0 Å². The molecule has 4 amide bonds. The number of carbonyl (C=O) groups is 4. The van der Waals surface area contributed by atoms with Crippen LogP contribution in [0.5, 0.6) is 0 Å². The smallest absolute Gasteiger partial charge is 0.286 e. The van der Waals surface area contributed by atoms with Crippen LogP contribution in [0.15, 0.2) is 0 Å². The number of amides is 4. The Morgan fingerprint density at radius 1 is 1.14 bits per heavy atom. The van der Waals surface area contributed by atoms with E-state index in [1.807, 2.05) is 5.43 Å². The first-order chi connectivity index (χ1) is 6.40. The van der Waals surface area contributed by atoms with Gasteiger partial charge in [0, 0.05) is 13.8 Å². The molecular weight excluding hydrogens is 192 g/mol. The van der Waals surface area contributed by atoms with Gasteiger partial charge in [0.25, 0.3) is 0 Å². The van der Waals surface area contributed by atoms with Gasteiger partial charge in [-0.2, -0.15) is 5.01 Å². The molecule has 0 aromatic carbocycles. The molecule has 0 heterocycles. The molecule has 0 saturated heterocycles. The van der Waals surface area contributed by atoms with E-state index in [2.05, 4.69) is 5.84 Å². The van der Waals surface area contributed by atoms with Gasteiger partial charge in [0.1, 0.15) is 0 Å². The van der Waals surface area contributed by atoms with Crippen LogP contribution in [0.1, 0.15) is 13.8 Å². The van der Waals surface area contributed by atoms with Gasteiger partial charge in [-0.15, -0.1) is 0 Å². The SMILES string of the molecule is CC(=O)NN(C(C)=O)C(=O)C(=O)NN. The summed E-state index contributed by atoms with van der Waals surface area (Å²) in [6, 6.07) is 0. The third kappa shape index (κ3) is 3.19. The number of nitrogens with one attached hydrogen (secondary N) is 2. The molecule has 0 aromatic rings. The number of nitrogens with zero attached hydrogens (tertiary/aromatic N) is 1. The number of carbonyl (C=O) groups excluding carboxylic acids is 4. The molecule has 14 heavy (non-hydrogen) atoms. The average molecular weight is 202 g/mol. The molecule has 0 radical (unpaired) electrons. The Labute approximate surface area is 79.3 Å². The highest BCUT2D eigenvalue weighted by atomic mass is 16.2. The minimum absolute atomic E-state index is 0.268. The summed E-state index contributed by atoms with van der Waals surface area (Å²) < 4.78 is 0. The quantitative estimate of drug-likeness (QED) is 0.172. The molecule has 0 bridgehead atoms. The van der Waals surface area contributed by atoms with E-state index in [1.165, 1.54) is 5.43 Å². The number of rotatable bonds is 0. The molecule has 4 N–H and O–H groups in total. The van der Waals surface area contributed by atoms with Crippen LogP contribution >= 0.6 is 0 Å². The molecule has 8 nitrogen and oxygen atoms in total. The van der Waals surface area contributed by atoms with Crippen molar-refractivity contribution in [1.29, 1.82) is 0 Å². The minimum atomic E-state index is -1.25. The van der Waals surface area contributed by atoms with Crippen LogP contribution in [-0.4, -0.2) is 28.6 Å². The van der Waals surface area contributed by atoms with Gasteiger partial charge in [0.15, 0.2) is 0 Å². The Balaban J connectivity index is 4.66. The highest BCUT2D eigenvalue weighted by molar-refractivity contribution is 6.37. The molecule has 0 rings (SSSR count). The fourth-order valence-corrected chi connectivity index (χ4v) is 0.593. The molecular formula is C6H10N4O4. The molecule has 0 unspecified atom stereocenters. The number of hydrogen-bond donors (Lipinski definition) is 3. The molecule has 0 atom stereocenters. The zero-order valence-electron chi connectivity index (χ0n) is 7.66. The summed E-state index contributed by atoms with van der Waals surface area (Å²) in [7, 11) is 0.